The number of hydrogen-bond acceptors (Lipinski definition) is 2. The maximum absolute atomic E-state index is 5.49. The number of nitrogens with zero attached hydrogens (tertiary/aromatic N) is 1. The normalized spacial score (nSPS) is 9.36. The van der Waals surface area contributed by atoms with Gasteiger partial charge in [-0.05, 0) is 24.6 Å². The van der Waals surface area contributed by atoms with Gasteiger partial charge in [0.15, 0.2) is 0 Å². The molecule has 2 aromatic heterocycles. The van der Waals surface area contributed by atoms with Gasteiger partial charge in [0.2, 0.25) is 0 Å². The quantitative estimate of drug-likeness (QED) is 0.677. The summed E-state index contributed by atoms with van der Waals surface area (Å²) < 4.78 is 5.49. The van der Waals surface area contributed by atoms with Crippen molar-refractivity contribution in [1.82, 2.24) is 4.98 Å². The van der Waals surface area contributed by atoms with Gasteiger partial charge < -0.3 is 4.42 Å². The lowest BCUT2D eigenvalue weighted by atomic mass is 10.2. The van der Waals surface area contributed by atoms with Crippen LogP contribution in [0.3, 0.4) is 0 Å². The zero-order chi connectivity index (χ0) is 10.6. The zero-order valence-corrected chi connectivity index (χ0v) is 8.87. The van der Waals surface area contributed by atoms with Crippen LogP contribution in [-0.4, -0.2) is 4.98 Å². The van der Waals surface area contributed by atoms with E-state index in [2.05, 4.69) is 11.6 Å². The molecule has 0 fully saturated rings. The third kappa shape index (κ3) is 2.02. The van der Waals surface area contributed by atoms with E-state index in [-0.39, 0.29) is 1.43 Å². The molecule has 0 amide bonds. The third-order valence-electron chi connectivity index (χ3n) is 1.74. The van der Waals surface area contributed by atoms with Gasteiger partial charge in [-0.2, -0.15) is 0 Å². The fourth-order valence-corrected chi connectivity index (χ4v) is 1.09. The Balaban J connectivity index is 0.000000617. The van der Waals surface area contributed by atoms with E-state index in [9.17, 15) is 0 Å². The Bertz CT molecular complexity index is 401. The molecule has 14 heavy (non-hydrogen) atoms. The Kier molecular flexibility index (Phi) is 3.46. The first-order valence-corrected chi connectivity index (χ1v) is 4.77. The van der Waals surface area contributed by atoms with Crippen LogP contribution in [0.2, 0.25) is 0 Å². The smallest absolute Gasteiger partial charge is 0.137 e. The Morgan fingerprint density at radius 1 is 1.50 bits per heavy atom. The minimum absolute atomic E-state index is 0. The molecule has 2 aromatic rings. The standard InChI is InChI=1S/C10H9NO.C2H6.H2/c1-7(2)10-5-8-6-11-4-3-9(8)12-10;1-2;/h3-6H,1H2,2H3;1-2H3;1H. The molecule has 0 N–H and O–H groups in total. The topological polar surface area (TPSA) is 26.0 Å². The van der Waals surface area contributed by atoms with Gasteiger partial charge in [-0.3, -0.25) is 4.98 Å². The second kappa shape index (κ2) is 4.61. The first-order valence-electron chi connectivity index (χ1n) is 4.77. The minimum Gasteiger partial charge on any atom is -0.456 e. The van der Waals surface area contributed by atoms with Crippen molar-refractivity contribution >= 4 is 16.5 Å². The Hall–Kier alpha value is -1.57. The number of pyridine rings is 1. The van der Waals surface area contributed by atoms with Crippen molar-refractivity contribution < 1.29 is 5.84 Å². The van der Waals surface area contributed by atoms with Crippen LogP contribution in [0.4, 0.5) is 0 Å². The van der Waals surface area contributed by atoms with Gasteiger partial charge in [-0.1, -0.05) is 20.4 Å². The molecule has 0 saturated carbocycles. The highest BCUT2D eigenvalue weighted by atomic mass is 16.3. The zero-order valence-electron chi connectivity index (χ0n) is 8.87. The van der Waals surface area contributed by atoms with Gasteiger partial charge in [-0.25, -0.2) is 0 Å². The van der Waals surface area contributed by atoms with Gasteiger partial charge in [0.25, 0.3) is 0 Å². The Labute approximate surface area is 85.8 Å². The SMILES string of the molecule is C=C(C)c1cc2cnccc2o1.CC.[HH]. The summed E-state index contributed by atoms with van der Waals surface area (Å²) in [5, 5.41) is 1.02. The summed E-state index contributed by atoms with van der Waals surface area (Å²) >= 11 is 0. The summed E-state index contributed by atoms with van der Waals surface area (Å²) in [6.07, 6.45) is 3.50. The summed E-state index contributed by atoms with van der Waals surface area (Å²) in [6.45, 7) is 9.73. The molecular formula is C12H17NO. The van der Waals surface area contributed by atoms with Crippen molar-refractivity contribution in [1.29, 1.82) is 0 Å². The highest BCUT2D eigenvalue weighted by molar-refractivity contribution is 5.80. The number of hydrogen-bond donors (Lipinski definition) is 0. The Morgan fingerprint density at radius 3 is 2.79 bits per heavy atom. The van der Waals surface area contributed by atoms with Crippen LogP contribution in [0.15, 0.2) is 35.5 Å². The van der Waals surface area contributed by atoms with Crippen LogP contribution in [0.1, 0.15) is 28.0 Å². The monoisotopic (exact) mass is 191 g/mol. The number of allylic oxidation sites excluding steroid dienone is 1. The van der Waals surface area contributed by atoms with Crippen LogP contribution in [0.5, 0.6) is 0 Å². The molecule has 0 saturated heterocycles. The fourth-order valence-electron chi connectivity index (χ4n) is 1.09. The fraction of sp³-hybridized carbons (Fsp3) is 0.250. The number of rotatable bonds is 1. The van der Waals surface area contributed by atoms with Crippen LogP contribution in [-0.2, 0) is 0 Å². The van der Waals surface area contributed by atoms with Crippen molar-refractivity contribution in [3.05, 3.63) is 36.9 Å². The van der Waals surface area contributed by atoms with Crippen LogP contribution in [0, 0.1) is 0 Å². The number of furan rings is 1. The highest BCUT2D eigenvalue weighted by Crippen LogP contribution is 2.21. The predicted octanol–water partition coefficient (Wildman–Crippen LogP) is 4.13. The average molecular weight is 191 g/mol. The summed E-state index contributed by atoms with van der Waals surface area (Å²) in [4.78, 5) is 4.00. The first kappa shape index (κ1) is 10.5. The van der Waals surface area contributed by atoms with E-state index in [0.29, 0.717) is 0 Å². The first-order chi connectivity index (χ1) is 6.77. The maximum atomic E-state index is 5.49. The molecule has 2 rings (SSSR count). The average Bonchev–Trinajstić information content (AvgIpc) is 2.64. The summed E-state index contributed by atoms with van der Waals surface area (Å²) in [7, 11) is 0. The van der Waals surface area contributed by atoms with Crippen molar-refractivity contribution in [2.45, 2.75) is 20.8 Å². The molecule has 2 nitrogen and oxygen atoms in total. The summed E-state index contributed by atoms with van der Waals surface area (Å²) in [5.41, 5.74) is 1.80. The number of fused-ring (bicyclic) bond motifs is 1. The van der Waals surface area contributed by atoms with Crippen LogP contribution < -0.4 is 0 Å². The Morgan fingerprint density at radius 2 is 2.21 bits per heavy atom. The van der Waals surface area contributed by atoms with E-state index >= 15 is 0 Å². The van der Waals surface area contributed by atoms with E-state index in [1.165, 1.54) is 0 Å². The van der Waals surface area contributed by atoms with Gasteiger partial charge in [0.05, 0.1) is 0 Å². The highest BCUT2D eigenvalue weighted by Gasteiger charge is 2.02. The predicted molar refractivity (Wildman–Crippen MR) is 62.2 cm³/mol. The maximum Gasteiger partial charge on any atom is 0.137 e. The molecular weight excluding hydrogens is 174 g/mol. The molecule has 0 radical (unpaired) electrons. The van der Waals surface area contributed by atoms with Crippen molar-refractivity contribution in [2.75, 3.05) is 0 Å². The molecule has 0 bridgehead atoms. The molecule has 0 aliphatic carbocycles. The second-order valence-corrected chi connectivity index (χ2v) is 2.80. The van der Waals surface area contributed by atoms with Crippen molar-refractivity contribution in [3.63, 3.8) is 0 Å². The molecule has 0 aliphatic heterocycles. The molecule has 2 heteroatoms. The molecule has 0 aromatic carbocycles. The summed E-state index contributed by atoms with van der Waals surface area (Å²) in [5.74, 6) is 0.831. The van der Waals surface area contributed by atoms with E-state index in [4.69, 9.17) is 4.42 Å². The van der Waals surface area contributed by atoms with E-state index in [1.54, 1.807) is 12.4 Å². The summed E-state index contributed by atoms with van der Waals surface area (Å²) in [6, 6.07) is 3.80. The largest absolute Gasteiger partial charge is 0.456 e. The van der Waals surface area contributed by atoms with Gasteiger partial charge in [0, 0.05) is 19.2 Å². The second-order valence-electron chi connectivity index (χ2n) is 2.80. The molecule has 0 unspecified atom stereocenters. The lowest BCUT2D eigenvalue weighted by Gasteiger charge is -1.87. The van der Waals surface area contributed by atoms with Gasteiger partial charge in [-0.15, -0.1) is 0 Å². The van der Waals surface area contributed by atoms with Crippen LogP contribution >= 0.6 is 0 Å². The number of aromatic nitrogens is 1. The molecule has 2 heterocycles. The van der Waals surface area contributed by atoms with Gasteiger partial charge >= 0.3 is 0 Å². The van der Waals surface area contributed by atoms with E-state index in [1.807, 2.05) is 32.9 Å². The van der Waals surface area contributed by atoms with Crippen LogP contribution in [0.25, 0.3) is 16.5 Å². The lowest BCUT2D eigenvalue weighted by Crippen LogP contribution is -1.66. The van der Waals surface area contributed by atoms with Gasteiger partial charge in [0.1, 0.15) is 11.3 Å². The van der Waals surface area contributed by atoms with Crippen molar-refractivity contribution in [2.24, 2.45) is 0 Å². The van der Waals surface area contributed by atoms with E-state index < -0.39 is 0 Å². The van der Waals surface area contributed by atoms with E-state index in [0.717, 1.165) is 22.3 Å². The van der Waals surface area contributed by atoms with Crippen molar-refractivity contribution in [3.8, 4) is 0 Å². The molecule has 76 valence electrons. The molecule has 0 spiro atoms. The minimum atomic E-state index is 0. The molecule has 0 atom stereocenters. The third-order valence-corrected chi connectivity index (χ3v) is 1.74. The molecule has 0 aliphatic rings. The lowest BCUT2D eigenvalue weighted by molar-refractivity contribution is 0.599.